The number of carbonyl (C=O) groups is 1. The molecule has 0 unspecified atom stereocenters. The number of benzene rings is 2. The molecule has 0 saturated carbocycles. The first-order chi connectivity index (χ1) is 20.2. The first-order valence-corrected chi connectivity index (χ1v) is 15.3. The van der Waals surface area contributed by atoms with Crippen LogP contribution in [-0.2, 0) is 24.9 Å². The molecule has 0 spiro atoms. The summed E-state index contributed by atoms with van der Waals surface area (Å²) in [5.41, 5.74) is 4.88. The number of pyridine rings is 1. The second-order valence-corrected chi connectivity index (χ2v) is 12.2. The third-order valence-corrected chi connectivity index (χ3v) is 9.41. The number of carbonyl (C=O) groups excluding carboxylic acids is 1. The van der Waals surface area contributed by atoms with Crippen molar-refractivity contribution in [3.05, 3.63) is 76.3 Å². The van der Waals surface area contributed by atoms with E-state index in [-0.39, 0.29) is 48.3 Å². The summed E-state index contributed by atoms with van der Waals surface area (Å²) in [5.74, 6) is 0.755. The number of rotatable bonds is 8. The summed E-state index contributed by atoms with van der Waals surface area (Å²) in [6.07, 6.45) is 4.75. The summed E-state index contributed by atoms with van der Waals surface area (Å²) < 4.78 is 14.6. The average Bonchev–Trinajstić information content (AvgIpc) is 2.98. The molecule has 0 aliphatic rings. The van der Waals surface area contributed by atoms with Gasteiger partial charge in [-0.2, -0.15) is 0 Å². The van der Waals surface area contributed by atoms with Gasteiger partial charge in [-0.1, -0.05) is 67.5 Å². The Bertz CT molecular complexity index is 1690. The molecule has 0 saturated heterocycles. The molecule has 4 aromatic rings. The van der Waals surface area contributed by atoms with Gasteiger partial charge in [0.15, 0.2) is 5.78 Å². The molecule has 0 fully saturated rings. The number of ketones is 1. The van der Waals surface area contributed by atoms with E-state index in [1.165, 1.54) is 6.08 Å². The number of halogens is 1. The number of hydrogen-bond acceptors (Lipinski definition) is 5. The number of aromatic nitrogens is 3. The SMILES string of the molecule is CCC(C)(CC)C(=O)/C=C(\O)C(C)(CC)CC.Cc1c[c-]c(-c2nc(C)nc3c2ccc2cc(C)c(F)c(C)c23)c(C)n1.[Ir]. The minimum absolute atomic E-state index is 0. The Morgan fingerprint density at radius 3 is 2.07 bits per heavy atom. The maximum Gasteiger partial charge on any atom is 0.164 e. The summed E-state index contributed by atoms with van der Waals surface area (Å²) in [4.78, 5) is 26.0. The Labute approximate surface area is 276 Å². The second-order valence-electron chi connectivity index (χ2n) is 12.2. The Morgan fingerprint density at radius 2 is 1.52 bits per heavy atom. The number of aliphatic hydroxyl groups excluding tert-OH is 1. The van der Waals surface area contributed by atoms with E-state index < -0.39 is 0 Å². The van der Waals surface area contributed by atoms with Crippen LogP contribution in [-0.4, -0.2) is 25.8 Å². The van der Waals surface area contributed by atoms with E-state index in [1.54, 1.807) is 6.92 Å². The van der Waals surface area contributed by atoms with Crippen molar-refractivity contribution in [2.24, 2.45) is 10.8 Å². The molecule has 7 heteroatoms. The van der Waals surface area contributed by atoms with Crippen LogP contribution in [0, 0.1) is 57.3 Å². The van der Waals surface area contributed by atoms with E-state index in [1.807, 2.05) is 93.5 Å². The first kappa shape index (κ1) is 37.2. The fraction of sp³-hybridized carbons (Fsp3) is 0.459. The molecule has 2 heterocycles. The van der Waals surface area contributed by atoms with Gasteiger partial charge >= 0.3 is 0 Å². The number of allylic oxidation sites excluding steroid dienone is 2. The Morgan fingerprint density at radius 1 is 0.932 bits per heavy atom. The zero-order chi connectivity index (χ0) is 32.3. The molecule has 0 bridgehead atoms. The van der Waals surface area contributed by atoms with Crippen LogP contribution in [0.25, 0.3) is 32.9 Å². The van der Waals surface area contributed by atoms with Gasteiger partial charge in [-0.3, -0.25) is 9.78 Å². The van der Waals surface area contributed by atoms with Crippen molar-refractivity contribution >= 4 is 27.5 Å². The maximum absolute atomic E-state index is 14.6. The zero-order valence-corrected chi connectivity index (χ0v) is 30.5. The Balaban J connectivity index is 0.000000331. The molecule has 0 amide bonds. The van der Waals surface area contributed by atoms with E-state index in [0.29, 0.717) is 17.0 Å². The smallest absolute Gasteiger partial charge is 0.164 e. The topological polar surface area (TPSA) is 76.0 Å². The molecule has 4 rings (SSSR count). The number of aliphatic hydroxyl groups is 1. The average molecular weight is 777 g/mol. The van der Waals surface area contributed by atoms with Gasteiger partial charge in [-0.15, -0.1) is 17.7 Å². The van der Waals surface area contributed by atoms with Gasteiger partial charge in [0.05, 0.1) is 5.52 Å². The van der Waals surface area contributed by atoms with Gasteiger partial charge in [-0.25, -0.2) is 9.37 Å². The van der Waals surface area contributed by atoms with Crippen LogP contribution >= 0.6 is 0 Å². The second kappa shape index (κ2) is 14.8. The normalized spacial score (nSPS) is 12.1. The van der Waals surface area contributed by atoms with Crippen LogP contribution < -0.4 is 0 Å². The summed E-state index contributed by atoms with van der Waals surface area (Å²) in [6.45, 7) is 21.4. The predicted octanol–water partition coefficient (Wildman–Crippen LogP) is 9.97. The number of hydrogen-bond donors (Lipinski definition) is 1. The van der Waals surface area contributed by atoms with Gasteiger partial charge in [-0.05, 0) is 85.8 Å². The first-order valence-electron chi connectivity index (χ1n) is 15.3. The molecule has 1 radical (unpaired) electrons. The van der Waals surface area contributed by atoms with Crippen molar-refractivity contribution in [3.8, 4) is 11.3 Å². The third-order valence-electron chi connectivity index (χ3n) is 9.41. The number of aryl methyl sites for hydroxylation is 5. The summed E-state index contributed by atoms with van der Waals surface area (Å²) >= 11 is 0. The Hall–Kier alpha value is -3.02. The van der Waals surface area contributed by atoms with Crippen molar-refractivity contribution in [1.82, 2.24) is 15.0 Å². The zero-order valence-electron chi connectivity index (χ0n) is 28.1. The standard InChI is InChI=1S/C22H19FN3.C15H28O2.Ir/c1-11-10-16-7-9-18-21(17-8-6-12(2)24-14(17)4)25-15(5)26-22(18)19(16)13(3)20(11)23;1-7-14(5,8-2)12(16)11-13(17)15(6,9-3)10-4;/h6-7,9-10H,1-5H3;11,16H,7-10H2,1-6H3;/q-1;;/b;12-11-;. The quantitative estimate of drug-likeness (QED) is 0.0835. The molecular weight excluding hydrogens is 730 g/mol. The summed E-state index contributed by atoms with van der Waals surface area (Å²) in [7, 11) is 0. The largest absolute Gasteiger partial charge is 0.512 e. The van der Waals surface area contributed by atoms with Crippen LogP contribution in [0.15, 0.2) is 36.1 Å². The van der Waals surface area contributed by atoms with E-state index in [0.717, 1.165) is 70.0 Å². The summed E-state index contributed by atoms with van der Waals surface area (Å²) in [5, 5.41) is 12.9. The van der Waals surface area contributed by atoms with Crippen molar-refractivity contribution < 1.29 is 34.4 Å². The fourth-order valence-electron chi connectivity index (χ4n) is 5.29. The fourth-order valence-corrected chi connectivity index (χ4v) is 5.29. The van der Waals surface area contributed by atoms with Crippen LogP contribution in [0.5, 0.6) is 0 Å². The van der Waals surface area contributed by atoms with Crippen LogP contribution in [0.1, 0.15) is 95.6 Å². The minimum atomic E-state index is -0.337. The van der Waals surface area contributed by atoms with Crippen LogP contribution in [0.3, 0.4) is 0 Å². The van der Waals surface area contributed by atoms with E-state index >= 15 is 0 Å². The molecule has 0 aliphatic carbocycles. The molecule has 0 atom stereocenters. The van der Waals surface area contributed by atoms with Gasteiger partial charge in [0.2, 0.25) is 0 Å². The van der Waals surface area contributed by atoms with Crippen molar-refractivity contribution in [1.29, 1.82) is 0 Å². The van der Waals surface area contributed by atoms with Crippen molar-refractivity contribution in [2.45, 2.75) is 102 Å². The molecule has 2 aromatic carbocycles. The number of fused-ring (bicyclic) bond motifs is 3. The Kier molecular flexibility index (Phi) is 12.5. The predicted molar refractivity (Wildman–Crippen MR) is 176 cm³/mol. The van der Waals surface area contributed by atoms with Gasteiger partial charge in [0, 0.05) is 48.1 Å². The van der Waals surface area contributed by atoms with E-state index in [4.69, 9.17) is 0 Å². The van der Waals surface area contributed by atoms with Crippen molar-refractivity contribution in [2.75, 3.05) is 0 Å². The van der Waals surface area contributed by atoms with E-state index in [9.17, 15) is 14.3 Å². The monoisotopic (exact) mass is 777 g/mol. The van der Waals surface area contributed by atoms with Gasteiger partial charge < -0.3 is 10.1 Å². The van der Waals surface area contributed by atoms with Gasteiger partial charge in [0.1, 0.15) is 17.4 Å². The molecule has 5 nitrogen and oxygen atoms in total. The molecule has 44 heavy (non-hydrogen) atoms. The van der Waals surface area contributed by atoms with Crippen LogP contribution in [0.4, 0.5) is 4.39 Å². The third kappa shape index (κ3) is 7.43. The summed E-state index contributed by atoms with van der Waals surface area (Å²) in [6, 6.07) is 11.1. The maximum atomic E-state index is 14.6. The molecule has 0 aliphatic heterocycles. The van der Waals surface area contributed by atoms with E-state index in [2.05, 4.69) is 21.0 Å². The van der Waals surface area contributed by atoms with Crippen LogP contribution in [0.2, 0.25) is 0 Å². The number of nitrogens with zero attached hydrogens (tertiary/aromatic N) is 3. The van der Waals surface area contributed by atoms with Gasteiger partial charge in [0.25, 0.3) is 0 Å². The molecule has 1 N–H and O–H groups in total. The molecule has 239 valence electrons. The molecular formula is C37H47FIrN3O2-. The molecule has 2 aromatic heterocycles. The van der Waals surface area contributed by atoms with Crippen molar-refractivity contribution in [3.63, 3.8) is 0 Å². The minimum Gasteiger partial charge on any atom is -0.512 e.